The molecule has 126 valence electrons. The van der Waals surface area contributed by atoms with Gasteiger partial charge >= 0.3 is 5.63 Å². The van der Waals surface area contributed by atoms with Crippen LogP contribution in [0.3, 0.4) is 0 Å². The molecule has 0 atom stereocenters. The van der Waals surface area contributed by atoms with E-state index >= 15 is 0 Å². The number of fused-ring (bicyclic) bond motifs is 2. The summed E-state index contributed by atoms with van der Waals surface area (Å²) in [6.45, 7) is 2.35. The molecule has 0 radical (unpaired) electrons. The Kier molecular flexibility index (Phi) is 3.90. The number of benzene rings is 1. The van der Waals surface area contributed by atoms with Crippen LogP contribution < -0.4 is 10.4 Å². The van der Waals surface area contributed by atoms with Gasteiger partial charge in [-0.1, -0.05) is 35.3 Å². The van der Waals surface area contributed by atoms with Gasteiger partial charge in [0, 0.05) is 17.8 Å². The monoisotopic (exact) mass is 374 g/mol. The van der Waals surface area contributed by atoms with Gasteiger partial charge in [-0.25, -0.2) is 9.78 Å². The smallest absolute Gasteiger partial charge is 0.345 e. The van der Waals surface area contributed by atoms with Gasteiger partial charge in [0.1, 0.15) is 0 Å². The Bertz CT molecular complexity index is 1160. The Morgan fingerprint density at radius 3 is 2.88 bits per heavy atom. The molecule has 0 unspecified atom stereocenters. The van der Waals surface area contributed by atoms with Gasteiger partial charge in [-0.15, -0.1) is 0 Å². The van der Waals surface area contributed by atoms with Crippen LogP contribution in [0.15, 0.2) is 51.9 Å². The number of pyridine rings is 1. The fraction of sp³-hybridized carbons (Fsp3) is 0.111. The van der Waals surface area contributed by atoms with Crippen molar-refractivity contribution in [2.75, 3.05) is 6.61 Å². The van der Waals surface area contributed by atoms with E-state index in [-0.39, 0.29) is 0 Å². The predicted molar refractivity (Wildman–Crippen MR) is 97.9 cm³/mol. The third-order valence-electron chi connectivity index (χ3n) is 3.77. The second-order valence-electron chi connectivity index (χ2n) is 5.42. The average molecular weight is 375 g/mol. The summed E-state index contributed by atoms with van der Waals surface area (Å²) in [4.78, 5) is 16.9. The van der Waals surface area contributed by atoms with Gasteiger partial charge in [0.25, 0.3) is 0 Å². The molecule has 4 aromatic rings. The highest BCUT2D eigenvalue weighted by molar-refractivity contribution is 6.36. The maximum Gasteiger partial charge on any atom is 0.345 e. The quantitative estimate of drug-likeness (QED) is 0.482. The normalized spacial score (nSPS) is 11.3. The molecule has 0 amide bonds. The Balaban J connectivity index is 1.94. The second-order valence-corrected chi connectivity index (χ2v) is 6.26. The van der Waals surface area contributed by atoms with Crippen LogP contribution in [0.4, 0.5) is 0 Å². The summed E-state index contributed by atoms with van der Waals surface area (Å²) in [5, 5.41) is 1.64. The number of hydrogen-bond donors (Lipinski definition) is 0. The molecule has 25 heavy (non-hydrogen) atoms. The summed E-state index contributed by atoms with van der Waals surface area (Å²) in [5.41, 5.74) is 1.25. The molecule has 0 aliphatic carbocycles. The fourth-order valence-corrected chi connectivity index (χ4v) is 3.25. The van der Waals surface area contributed by atoms with Gasteiger partial charge in [-0.05, 0) is 25.1 Å². The molecule has 0 saturated carbocycles. The second kappa shape index (κ2) is 6.10. The first kappa shape index (κ1) is 16.0. The van der Waals surface area contributed by atoms with Crippen molar-refractivity contribution in [3.8, 4) is 17.0 Å². The van der Waals surface area contributed by atoms with Crippen LogP contribution in [0.1, 0.15) is 6.92 Å². The van der Waals surface area contributed by atoms with Crippen LogP contribution in [0.5, 0.6) is 5.75 Å². The van der Waals surface area contributed by atoms with Crippen molar-refractivity contribution in [1.82, 2.24) is 9.38 Å². The highest BCUT2D eigenvalue weighted by Crippen LogP contribution is 2.29. The van der Waals surface area contributed by atoms with Crippen molar-refractivity contribution in [3.63, 3.8) is 0 Å². The lowest BCUT2D eigenvalue weighted by molar-refractivity contribution is 0.337. The summed E-state index contributed by atoms with van der Waals surface area (Å²) in [7, 11) is 0. The van der Waals surface area contributed by atoms with E-state index in [1.807, 2.05) is 19.1 Å². The van der Waals surface area contributed by atoms with E-state index in [4.69, 9.17) is 32.4 Å². The van der Waals surface area contributed by atoms with E-state index in [0.717, 1.165) is 5.39 Å². The Morgan fingerprint density at radius 1 is 1.24 bits per heavy atom. The molecule has 5 nitrogen and oxygen atoms in total. The summed E-state index contributed by atoms with van der Waals surface area (Å²) in [6.07, 6.45) is 3.37. The van der Waals surface area contributed by atoms with Gasteiger partial charge in [-0.3, -0.25) is 0 Å². The largest absolute Gasteiger partial charge is 0.490 e. The van der Waals surface area contributed by atoms with Crippen molar-refractivity contribution in [3.05, 3.63) is 63.2 Å². The molecule has 0 N–H and O–H groups in total. The summed E-state index contributed by atoms with van der Waals surface area (Å²) >= 11 is 12.2. The van der Waals surface area contributed by atoms with E-state index in [1.54, 1.807) is 35.0 Å². The van der Waals surface area contributed by atoms with E-state index in [2.05, 4.69) is 4.98 Å². The molecule has 1 aromatic carbocycles. The van der Waals surface area contributed by atoms with Crippen LogP contribution in [0.2, 0.25) is 10.0 Å². The minimum absolute atomic E-state index is 0.344. The van der Waals surface area contributed by atoms with E-state index in [1.165, 1.54) is 0 Å². The van der Waals surface area contributed by atoms with Crippen LogP contribution in [0, 0.1) is 0 Å². The van der Waals surface area contributed by atoms with Crippen molar-refractivity contribution in [2.45, 2.75) is 6.92 Å². The number of imidazole rings is 1. The van der Waals surface area contributed by atoms with Gasteiger partial charge in [0.15, 0.2) is 17.0 Å². The summed E-state index contributed by atoms with van der Waals surface area (Å²) < 4.78 is 12.7. The average Bonchev–Trinajstić information content (AvgIpc) is 2.99. The zero-order valence-corrected chi connectivity index (χ0v) is 14.6. The first-order chi connectivity index (χ1) is 12.1. The topological polar surface area (TPSA) is 56.7 Å². The first-order valence-electron chi connectivity index (χ1n) is 7.60. The minimum atomic E-state index is -0.495. The number of rotatable bonds is 3. The lowest BCUT2D eigenvalue weighted by Crippen LogP contribution is -2.04. The molecule has 0 fully saturated rings. The zero-order chi connectivity index (χ0) is 17.6. The lowest BCUT2D eigenvalue weighted by Gasteiger charge is -2.06. The minimum Gasteiger partial charge on any atom is -0.490 e. The lowest BCUT2D eigenvalue weighted by atomic mass is 10.1. The molecular weight excluding hydrogens is 363 g/mol. The van der Waals surface area contributed by atoms with Crippen molar-refractivity contribution >= 4 is 39.8 Å². The molecule has 3 heterocycles. The van der Waals surface area contributed by atoms with Crippen molar-refractivity contribution in [1.29, 1.82) is 0 Å². The van der Waals surface area contributed by atoms with Crippen molar-refractivity contribution < 1.29 is 9.15 Å². The number of hydrogen-bond acceptors (Lipinski definition) is 4. The van der Waals surface area contributed by atoms with Crippen LogP contribution in [-0.2, 0) is 0 Å². The molecule has 0 bridgehead atoms. The third kappa shape index (κ3) is 2.75. The highest BCUT2D eigenvalue weighted by atomic mass is 35.5. The highest BCUT2D eigenvalue weighted by Gasteiger charge is 2.15. The Labute approximate surface area is 152 Å². The van der Waals surface area contributed by atoms with Crippen LogP contribution in [0.25, 0.3) is 27.9 Å². The number of nitrogens with zero attached hydrogens (tertiary/aromatic N) is 2. The van der Waals surface area contributed by atoms with Gasteiger partial charge in [0.05, 0.1) is 27.9 Å². The van der Waals surface area contributed by atoms with E-state index in [0.29, 0.717) is 44.9 Å². The van der Waals surface area contributed by atoms with Gasteiger partial charge < -0.3 is 13.6 Å². The first-order valence-corrected chi connectivity index (χ1v) is 8.36. The maximum atomic E-state index is 12.5. The van der Waals surface area contributed by atoms with Crippen LogP contribution in [-0.4, -0.2) is 16.0 Å². The molecule has 7 heteroatoms. The van der Waals surface area contributed by atoms with Crippen molar-refractivity contribution in [2.24, 2.45) is 0 Å². The number of aromatic nitrogens is 2. The molecule has 0 saturated heterocycles. The maximum absolute atomic E-state index is 12.5. The molecule has 4 rings (SSSR count). The Morgan fingerprint density at radius 2 is 2.08 bits per heavy atom. The zero-order valence-electron chi connectivity index (χ0n) is 13.1. The number of halogens is 2. The summed E-state index contributed by atoms with van der Waals surface area (Å²) in [5.74, 6) is 0.536. The predicted octanol–water partition coefficient (Wildman–Crippen LogP) is 4.81. The van der Waals surface area contributed by atoms with Gasteiger partial charge in [0.2, 0.25) is 0 Å². The molecule has 0 spiro atoms. The standard InChI is InChI=1S/C18H12Cl2N2O3/c1-2-24-15-5-3-4-10-6-12(18(23)25-16(10)15)14-9-22-8-11(19)7-13(20)17(22)21-14/h3-9H,2H2,1H3. The molecular formula is C18H12Cl2N2O3. The SMILES string of the molecule is CCOc1cccc2cc(-c3cn4cc(Cl)cc(Cl)c4n3)c(=O)oc12. The molecule has 0 aliphatic heterocycles. The van der Waals surface area contributed by atoms with E-state index in [9.17, 15) is 4.79 Å². The third-order valence-corrected chi connectivity index (χ3v) is 4.26. The van der Waals surface area contributed by atoms with Crippen LogP contribution >= 0.6 is 23.2 Å². The number of para-hydroxylation sites is 1. The molecule has 3 aromatic heterocycles. The molecule has 0 aliphatic rings. The Hall–Kier alpha value is -2.50. The number of ether oxygens (including phenoxy) is 1. The fourth-order valence-electron chi connectivity index (χ4n) is 2.72. The summed E-state index contributed by atoms with van der Waals surface area (Å²) in [6, 6.07) is 8.80. The van der Waals surface area contributed by atoms with Gasteiger partial charge in [-0.2, -0.15) is 0 Å². The van der Waals surface area contributed by atoms with E-state index < -0.39 is 5.63 Å².